The SMILES string of the molecule is CCCOc1nc(-c2ccc(Cl)cc2)nc(CCC)c1OC(=O)OCC. The van der Waals surface area contributed by atoms with E-state index in [1.54, 1.807) is 19.1 Å². The molecule has 1 heterocycles. The largest absolute Gasteiger partial charge is 0.514 e. The molecule has 6 nitrogen and oxygen atoms in total. The molecule has 0 unspecified atom stereocenters. The molecule has 0 aliphatic heterocycles. The van der Waals surface area contributed by atoms with Gasteiger partial charge in [0.05, 0.1) is 18.9 Å². The molecule has 0 aliphatic carbocycles. The van der Waals surface area contributed by atoms with Crippen molar-refractivity contribution in [3.05, 3.63) is 35.0 Å². The lowest BCUT2D eigenvalue weighted by atomic mass is 10.2. The minimum absolute atomic E-state index is 0.219. The van der Waals surface area contributed by atoms with E-state index in [-0.39, 0.29) is 18.2 Å². The highest BCUT2D eigenvalue weighted by molar-refractivity contribution is 6.30. The summed E-state index contributed by atoms with van der Waals surface area (Å²) in [6, 6.07) is 7.22. The number of hydrogen-bond acceptors (Lipinski definition) is 6. The van der Waals surface area contributed by atoms with Gasteiger partial charge in [-0.2, -0.15) is 4.98 Å². The molecule has 0 spiro atoms. The average Bonchev–Trinajstić information content (AvgIpc) is 2.63. The standard InChI is InChI=1S/C19H23ClN2O4/c1-4-7-15-16(26-19(23)24-6-3)18(25-12-5-2)22-17(21-15)13-8-10-14(20)11-9-13/h8-11H,4-7,12H2,1-3H3. The van der Waals surface area contributed by atoms with Crippen LogP contribution in [-0.2, 0) is 11.2 Å². The number of aryl methyl sites for hydroxylation is 1. The highest BCUT2D eigenvalue weighted by Crippen LogP contribution is 2.33. The second-order valence-corrected chi connectivity index (χ2v) is 5.96. The third-order valence-electron chi connectivity index (χ3n) is 3.38. The van der Waals surface area contributed by atoms with Crippen molar-refractivity contribution >= 4 is 17.8 Å². The molecule has 2 rings (SSSR count). The lowest BCUT2D eigenvalue weighted by Gasteiger charge is -2.15. The molecule has 7 heteroatoms. The van der Waals surface area contributed by atoms with Gasteiger partial charge < -0.3 is 14.2 Å². The molecule has 0 N–H and O–H groups in total. The summed E-state index contributed by atoms with van der Waals surface area (Å²) < 4.78 is 16.0. The van der Waals surface area contributed by atoms with Gasteiger partial charge in [0, 0.05) is 10.6 Å². The summed E-state index contributed by atoms with van der Waals surface area (Å²) in [6.45, 7) is 6.38. The fourth-order valence-electron chi connectivity index (χ4n) is 2.24. The normalized spacial score (nSPS) is 10.5. The van der Waals surface area contributed by atoms with Crippen LogP contribution in [0.2, 0.25) is 5.02 Å². The summed E-state index contributed by atoms with van der Waals surface area (Å²) >= 11 is 5.96. The zero-order valence-electron chi connectivity index (χ0n) is 15.3. The maximum absolute atomic E-state index is 11.8. The van der Waals surface area contributed by atoms with Crippen molar-refractivity contribution in [2.75, 3.05) is 13.2 Å². The second kappa shape index (κ2) is 9.97. The van der Waals surface area contributed by atoms with Crippen molar-refractivity contribution < 1.29 is 19.0 Å². The van der Waals surface area contributed by atoms with Crippen LogP contribution in [-0.4, -0.2) is 29.3 Å². The lowest BCUT2D eigenvalue weighted by molar-refractivity contribution is 0.101. The predicted molar refractivity (Wildman–Crippen MR) is 99.9 cm³/mol. The summed E-state index contributed by atoms with van der Waals surface area (Å²) in [5, 5.41) is 0.632. The van der Waals surface area contributed by atoms with Crippen LogP contribution >= 0.6 is 11.6 Å². The van der Waals surface area contributed by atoms with Gasteiger partial charge in [-0.3, -0.25) is 0 Å². The first-order valence-electron chi connectivity index (χ1n) is 8.73. The van der Waals surface area contributed by atoms with Gasteiger partial charge in [-0.25, -0.2) is 9.78 Å². The summed E-state index contributed by atoms with van der Waals surface area (Å²) in [6.07, 6.45) is 1.43. The van der Waals surface area contributed by atoms with Gasteiger partial charge in [0.25, 0.3) is 5.88 Å². The van der Waals surface area contributed by atoms with Crippen LogP contribution in [0.4, 0.5) is 4.79 Å². The van der Waals surface area contributed by atoms with E-state index in [0.29, 0.717) is 29.6 Å². The molecule has 0 atom stereocenters. The molecule has 26 heavy (non-hydrogen) atoms. The first-order chi connectivity index (χ1) is 12.6. The Hall–Kier alpha value is -2.34. The van der Waals surface area contributed by atoms with Gasteiger partial charge >= 0.3 is 6.16 Å². The molecule has 0 fully saturated rings. The van der Waals surface area contributed by atoms with Crippen molar-refractivity contribution in [2.45, 2.75) is 40.0 Å². The van der Waals surface area contributed by atoms with E-state index in [1.807, 2.05) is 26.0 Å². The molecular formula is C19H23ClN2O4. The molecule has 1 aromatic carbocycles. The number of carbonyl (C=O) groups is 1. The molecule has 2 aromatic rings. The van der Waals surface area contributed by atoms with Crippen LogP contribution in [0.3, 0.4) is 0 Å². The van der Waals surface area contributed by atoms with Gasteiger partial charge in [0.2, 0.25) is 5.75 Å². The molecular weight excluding hydrogens is 356 g/mol. The Morgan fingerprint density at radius 2 is 1.81 bits per heavy atom. The van der Waals surface area contributed by atoms with E-state index >= 15 is 0 Å². The van der Waals surface area contributed by atoms with Crippen LogP contribution in [0.5, 0.6) is 11.6 Å². The van der Waals surface area contributed by atoms with Crippen molar-refractivity contribution in [1.82, 2.24) is 9.97 Å². The minimum atomic E-state index is -0.797. The average molecular weight is 379 g/mol. The number of aromatic nitrogens is 2. The fourth-order valence-corrected chi connectivity index (χ4v) is 2.36. The summed E-state index contributed by atoms with van der Waals surface area (Å²) in [5.41, 5.74) is 1.40. The van der Waals surface area contributed by atoms with Crippen molar-refractivity contribution in [2.24, 2.45) is 0 Å². The van der Waals surface area contributed by atoms with Crippen molar-refractivity contribution in [1.29, 1.82) is 0 Å². The van der Waals surface area contributed by atoms with E-state index < -0.39 is 6.16 Å². The van der Waals surface area contributed by atoms with E-state index in [4.69, 9.17) is 25.8 Å². The molecule has 0 saturated heterocycles. The number of ether oxygens (including phenoxy) is 3. The first kappa shape index (κ1) is 20.0. The minimum Gasteiger partial charge on any atom is -0.475 e. The fraction of sp³-hybridized carbons (Fsp3) is 0.421. The van der Waals surface area contributed by atoms with Crippen LogP contribution < -0.4 is 9.47 Å². The predicted octanol–water partition coefficient (Wildman–Crippen LogP) is 5.07. The van der Waals surface area contributed by atoms with Crippen LogP contribution in [0.25, 0.3) is 11.4 Å². The smallest absolute Gasteiger partial charge is 0.475 e. The second-order valence-electron chi connectivity index (χ2n) is 5.52. The van der Waals surface area contributed by atoms with Gasteiger partial charge in [-0.05, 0) is 44.0 Å². The van der Waals surface area contributed by atoms with E-state index in [2.05, 4.69) is 9.97 Å². The number of halogens is 1. The first-order valence-corrected chi connectivity index (χ1v) is 9.11. The Morgan fingerprint density at radius 3 is 2.42 bits per heavy atom. The Labute approximate surface area is 158 Å². The monoisotopic (exact) mass is 378 g/mol. The highest BCUT2D eigenvalue weighted by Gasteiger charge is 2.21. The number of rotatable bonds is 8. The third kappa shape index (κ3) is 5.33. The maximum atomic E-state index is 11.8. The summed E-state index contributed by atoms with van der Waals surface area (Å²) in [4.78, 5) is 20.9. The Bertz CT molecular complexity index is 735. The highest BCUT2D eigenvalue weighted by atomic mass is 35.5. The number of carbonyl (C=O) groups excluding carboxylic acids is 1. The molecule has 0 bridgehead atoms. The number of benzene rings is 1. The van der Waals surface area contributed by atoms with Gasteiger partial charge in [0.15, 0.2) is 5.82 Å². The van der Waals surface area contributed by atoms with Gasteiger partial charge in [-0.1, -0.05) is 31.9 Å². The Balaban J connectivity index is 2.49. The van der Waals surface area contributed by atoms with Crippen LogP contribution in [0.1, 0.15) is 39.3 Å². The molecule has 1 aromatic heterocycles. The molecule has 0 aliphatic rings. The quantitative estimate of drug-likeness (QED) is 0.597. The van der Waals surface area contributed by atoms with E-state index in [1.165, 1.54) is 0 Å². The van der Waals surface area contributed by atoms with E-state index in [0.717, 1.165) is 18.4 Å². The zero-order chi connectivity index (χ0) is 18.9. The van der Waals surface area contributed by atoms with Crippen LogP contribution in [0, 0.1) is 0 Å². The maximum Gasteiger partial charge on any atom is 0.514 e. The Kier molecular flexibility index (Phi) is 7.66. The number of nitrogens with zero attached hydrogens (tertiary/aromatic N) is 2. The van der Waals surface area contributed by atoms with Crippen molar-refractivity contribution in [3.8, 4) is 23.0 Å². The zero-order valence-corrected chi connectivity index (χ0v) is 16.0. The summed E-state index contributed by atoms with van der Waals surface area (Å²) in [5.74, 6) is 0.951. The van der Waals surface area contributed by atoms with Crippen LogP contribution in [0.15, 0.2) is 24.3 Å². The van der Waals surface area contributed by atoms with Gasteiger partial charge in [0.1, 0.15) is 0 Å². The lowest BCUT2D eigenvalue weighted by Crippen LogP contribution is -2.15. The van der Waals surface area contributed by atoms with Gasteiger partial charge in [-0.15, -0.1) is 0 Å². The van der Waals surface area contributed by atoms with E-state index in [9.17, 15) is 4.79 Å². The van der Waals surface area contributed by atoms with Crippen molar-refractivity contribution in [3.63, 3.8) is 0 Å². The molecule has 0 radical (unpaired) electrons. The Morgan fingerprint density at radius 1 is 1.08 bits per heavy atom. The molecule has 0 amide bonds. The third-order valence-corrected chi connectivity index (χ3v) is 3.64. The number of hydrogen-bond donors (Lipinski definition) is 0. The molecule has 140 valence electrons. The topological polar surface area (TPSA) is 70.5 Å². The molecule has 0 saturated carbocycles. The summed E-state index contributed by atoms with van der Waals surface area (Å²) in [7, 11) is 0.